The molecule has 78 valence electrons. The molecule has 3 N–H and O–H groups in total. The van der Waals surface area contributed by atoms with Crippen molar-refractivity contribution in [2.24, 2.45) is 10.9 Å². The second kappa shape index (κ2) is 7.53. The largest absolute Gasteiger partial charge is 0.366 e. The van der Waals surface area contributed by atoms with Crippen LogP contribution in [0, 0.1) is 0 Å². The van der Waals surface area contributed by atoms with E-state index in [0.29, 0.717) is 0 Å². The van der Waals surface area contributed by atoms with E-state index in [9.17, 15) is 0 Å². The number of nitrogens with two attached hydrogens (primary N) is 1. The molecule has 0 radical (unpaired) electrons. The molecule has 1 aromatic rings. The predicted octanol–water partition coefficient (Wildman–Crippen LogP) is 1.79. The van der Waals surface area contributed by atoms with Gasteiger partial charge in [0.1, 0.15) is 0 Å². The highest BCUT2D eigenvalue weighted by atomic mass is 35.5. The number of amidine groups is 1. The van der Waals surface area contributed by atoms with Gasteiger partial charge in [-0.25, -0.2) is 0 Å². The van der Waals surface area contributed by atoms with E-state index < -0.39 is 0 Å². The number of benzene rings is 1. The van der Waals surface area contributed by atoms with Gasteiger partial charge in [-0.1, -0.05) is 42.1 Å². The molecule has 5 heteroatoms. The van der Waals surface area contributed by atoms with E-state index in [-0.39, 0.29) is 12.4 Å². The summed E-state index contributed by atoms with van der Waals surface area (Å²) in [5.74, 6) is 6.04. The molecule has 0 aliphatic rings. The molecule has 1 aromatic carbocycles. The van der Waals surface area contributed by atoms with Crippen LogP contribution < -0.4 is 11.2 Å². The Kier molecular flexibility index (Phi) is 7.06. The van der Waals surface area contributed by atoms with E-state index in [2.05, 4.69) is 22.6 Å². The molecule has 0 atom stereocenters. The quantitative estimate of drug-likeness (QED) is 0.353. The maximum atomic E-state index is 5.15. The number of rotatable bonds is 2. The van der Waals surface area contributed by atoms with Gasteiger partial charge in [0.25, 0.3) is 0 Å². The summed E-state index contributed by atoms with van der Waals surface area (Å²) in [6, 6.07) is 10.2. The first-order chi connectivity index (χ1) is 6.36. The maximum absolute atomic E-state index is 5.15. The van der Waals surface area contributed by atoms with Gasteiger partial charge in [0.15, 0.2) is 5.17 Å². The van der Waals surface area contributed by atoms with Crippen LogP contribution in [0.15, 0.2) is 35.4 Å². The van der Waals surface area contributed by atoms with Crippen molar-refractivity contribution < 1.29 is 0 Å². The molecule has 14 heavy (non-hydrogen) atoms. The van der Waals surface area contributed by atoms with E-state index in [1.807, 2.05) is 25.2 Å². The third kappa shape index (κ3) is 4.39. The van der Waals surface area contributed by atoms with Crippen molar-refractivity contribution in [2.45, 2.75) is 5.75 Å². The molecule has 0 bridgehead atoms. The molecule has 0 amide bonds. The first-order valence-electron chi connectivity index (χ1n) is 3.99. The zero-order chi connectivity index (χ0) is 9.52. The van der Waals surface area contributed by atoms with Crippen molar-refractivity contribution >= 4 is 29.3 Å². The molecular formula is C9H14ClN3S. The third-order valence-electron chi connectivity index (χ3n) is 1.55. The second-order valence-corrected chi connectivity index (χ2v) is 3.42. The van der Waals surface area contributed by atoms with E-state index in [0.717, 1.165) is 10.9 Å². The predicted molar refractivity (Wildman–Crippen MR) is 65.7 cm³/mol. The molecule has 0 saturated carbocycles. The average Bonchev–Trinajstić information content (AvgIpc) is 2.21. The van der Waals surface area contributed by atoms with Crippen LogP contribution in [-0.2, 0) is 5.75 Å². The lowest BCUT2D eigenvalue weighted by Gasteiger charge is -2.02. The molecule has 1 rings (SSSR count). The number of thioether (sulfide) groups is 1. The molecule has 0 fully saturated rings. The van der Waals surface area contributed by atoms with Gasteiger partial charge in [-0.3, -0.25) is 0 Å². The van der Waals surface area contributed by atoms with E-state index in [4.69, 9.17) is 5.84 Å². The third-order valence-corrected chi connectivity index (χ3v) is 2.61. The maximum Gasteiger partial charge on any atom is 0.180 e. The van der Waals surface area contributed by atoms with Gasteiger partial charge in [0, 0.05) is 12.8 Å². The molecule has 0 aromatic heterocycles. The van der Waals surface area contributed by atoms with Gasteiger partial charge in [0.2, 0.25) is 0 Å². The van der Waals surface area contributed by atoms with Crippen LogP contribution in [0.25, 0.3) is 0 Å². The highest BCUT2D eigenvalue weighted by Crippen LogP contribution is 2.11. The molecular weight excluding hydrogens is 218 g/mol. The van der Waals surface area contributed by atoms with Crippen molar-refractivity contribution in [3.63, 3.8) is 0 Å². The summed E-state index contributed by atoms with van der Waals surface area (Å²) in [5, 5.41) is 7.25. The number of hydrazone groups is 1. The van der Waals surface area contributed by atoms with E-state index in [1.165, 1.54) is 5.56 Å². The molecule has 3 nitrogen and oxygen atoms in total. The standard InChI is InChI=1S/C9H13N3S.ClH/c1-11-9(12-10)13-7-8-5-3-2-4-6-8;/h2-6H,7,10H2,1H3,(H,11,12);1H. The van der Waals surface area contributed by atoms with Crippen molar-refractivity contribution in [1.82, 2.24) is 5.32 Å². The lowest BCUT2D eigenvalue weighted by Crippen LogP contribution is -2.16. The fourth-order valence-corrected chi connectivity index (χ4v) is 1.61. The fraction of sp³-hybridized carbons (Fsp3) is 0.222. The van der Waals surface area contributed by atoms with Crippen molar-refractivity contribution in [3.05, 3.63) is 35.9 Å². The van der Waals surface area contributed by atoms with Gasteiger partial charge < -0.3 is 11.2 Å². The summed E-state index contributed by atoms with van der Waals surface area (Å²) in [6.45, 7) is 0. The zero-order valence-corrected chi connectivity index (χ0v) is 9.57. The van der Waals surface area contributed by atoms with Gasteiger partial charge in [-0.05, 0) is 5.56 Å². The van der Waals surface area contributed by atoms with Crippen LogP contribution in [-0.4, -0.2) is 12.2 Å². The summed E-state index contributed by atoms with van der Waals surface area (Å²) in [4.78, 5) is 0. The Morgan fingerprint density at radius 2 is 2.07 bits per heavy atom. The van der Waals surface area contributed by atoms with Gasteiger partial charge in [-0.15, -0.1) is 12.4 Å². The minimum atomic E-state index is 0. The van der Waals surface area contributed by atoms with Crippen LogP contribution in [0.1, 0.15) is 5.56 Å². The zero-order valence-electron chi connectivity index (χ0n) is 7.93. The minimum Gasteiger partial charge on any atom is -0.366 e. The Morgan fingerprint density at radius 3 is 2.57 bits per heavy atom. The van der Waals surface area contributed by atoms with E-state index in [1.54, 1.807) is 11.8 Å². The molecule has 0 aliphatic carbocycles. The Balaban J connectivity index is 0.00000169. The minimum absolute atomic E-state index is 0. The van der Waals surface area contributed by atoms with Gasteiger partial charge in [0.05, 0.1) is 0 Å². The van der Waals surface area contributed by atoms with Crippen LogP contribution in [0.3, 0.4) is 0 Å². The summed E-state index contributed by atoms with van der Waals surface area (Å²) >= 11 is 1.59. The average molecular weight is 232 g/mol. The van der Waals surface area contributed by atoms with Gasteiger partial charge in [-0.2, -0.15) is 5.10 Å². The highest BCUT2D eigenvalue weighted by Gasteiger charge is 1.96. The van der Waals surface area contributed by atoms with E-state index >= 15 is 0 Å². The second-order valence-electron chi connectivity index (χ2n) is 2.46. The van der Waals surface area contributed by atoms with Crippen LogP contribution in [0.2, 0.25) is 0 Å². The Labute approximate surface area is 94.6 Å². The number of hydrogen-bond donors (Lipinski definition) is 2. The Bertz CT molecular complexity index is 277. The monoisotopic (exact) mass is 231 g/mol. The van der Waals surface area contributed by atoms with Crippen LogP contribution in [0.4, 0.5) is 0 Å². The SMILES string of the molecule is CNC(=NN)SCc1ccccc1.Cl. The molecule has 0 heterocycles. The molecule has 0 aliphatic heterocycles. The van der Waals surface area contributed by atoms with Gasteiger partial charge >= 0.3 is 0 Å². The topological polar surface area (TPSA) is 50.4 Å². The van der Waals surface area contributed by atoms with Crippen molar-refractivity contribution in [1.29, 1.82) is 0 Å². The number of halogens is 1. The first kappa shape index (κ1) is 13.1. The highest BCUT2D eigenvalue weighted by molar-refractivity contribution is 8.13. The molecule has 0 saturated heterocycles. The van der Waals surface area contributed by atoms with Crippen molar-refractivity contribution in [2.75, 3.05) is 7.05 Å². The summed E-state index contributed by atoms with van der Waals surface area (Å²) in [6.07, 6.45) is 0. The lowest BCUT2D eigenvalue weighted by molar-refractivity contribution is 1.14. The number of hydrogen-bond acceptors (Lipinski definition) is 3. The number of nitrogens with one attached hydrogen (secondary N) is 1. The molecule has 0 spiro atoms. The van der Waals surface area contributed by atoms with Crippen LogP contribution in [0.5, 0.6) is 0 Å². The lowest BCUT2D eigenvalue weighted by atomic mass is 10.2. The fourth-order valence-electron chi connectivity index (χ4n) is 0.900. The summed E-state index contributed by atoms with van der Waals surface area (Å²) in [5.41, 5.74) is 1.27. The summed E-state index contributed by atoms with van der Waals surface area (Å²) < 4.78 is 0. The summed E-state index contributed by atoms with van der Waals surface area (Å²) in [7, 11) is 1.81. The van der Waals surface area contributed by atoms with Crippen LogP contribution >= 0.6 is 24.2 Å². The normalized spacial score (nSPS) is 10.5. The Morgan fingerprint density at radius 1 is 1.43 bits per heavy atom. The Hall–Kier alpha value is -0.870. The van der Waals surface area contributed by atoms with Crippen molar-refractivity contribution in [3.8, 4) is 0 Å². The number of nitrogens with zero attached hydrogens (tertiary/aromatic N) is 1. The molecule has 0 unspecified atom stereocenters. The smallest absolute Gasteiger partial charge is 0.180 e. The first-order valence-corrected chi connectivity index (χ1v) is 4.97.